The van der Waals surface area contributed by atoms with Gasteiger partial charge in [-0.05, 0) is 41.9 Å². The van der Waals surface area contributed by atoms with E-state index in [4.69, 9.17) is 14.2 Å². The van der Waals surface area contributed by atoms with Crippen molar-refractivity contribution in [3.8, 4) is 0 Å². The highest BCUT2D eigenvalue weighted by atomic mass is 16.6. The molecule has 0 amide bonds. The molecule has 0 aromatic heterocycles. The summed E-state index contributed by atoms with van der Waals surface area (Å²) in [7, 11) is 1.39. The molecular formula is C21H32O6. The third-order valence-corrected chi connectivity index (χ3v) is 7.89. The number of hydrogen-bond acceptors (Lipinski definition) is 6. The van der Waals surface area contributed by atoms with Gasteiger partial charge in [-0.25, -0.2) is 4.79 Å². The number of allylic oxidation sites excluding steroid dienone is 1. The Hall–Kier alpha value is -0.950. The van der Waals surface area contributed by atoms with Crippen LogP contribution in [-0.4, -0.2) is 60.4 Å². The molecule has 0 unspecified atom stereocenters. The van der Waals surface area contributed by atoms with Gasteiger partial charge >= 0.3 is 5.97 Å². The van der Waals surface area contributed by atoms with Crippen LogP contribution in [0.5, 0.6) is 0 Å². The summed E-state index contributed by atoms with van der Waals surface area (Å²) in [4.78, 5) is 12.1. The molecule has 2 aliphatic carbocycles. The molecule has 2 heterocycles. The number of aliphatic hydroxyl groups is 2. The predicted octanol–water partition coefficient (Wildman–Crippen LogP) is 1.83. The van der Waals surface area contributed by atoms with Gasteiger partial charge in [0.15, 0.2) is 0 Å². The number of aliphatic hydroxyl groups excluding tert-OH is 2. The lowest BCUT2D eigenvalue weighted by molar-refractivity contribution is -0.198. The van der Waals surface area contributed by atoms with Crippen molar-refractivity contribution < 1.29 is 29.2 Å². The first kappa shape index (κ1) is 19.4. The molecule has 2 saturated carbocycles. The lowest BCUT2D eigenvalue weighted by atomic mass is 9.44. The topological polar surface area (TPSA) is 91.8 Å². The van der Waals surface area contributed by atoms with E-state index in [-0.39, 0.29) is 40.3 Å². The lowest BCUT2D eigenvalue weighted by Crippen LogP contribution is -2.63. The van der Waals surface area contributed by atoms with Crippen LogP contribution in [0.2, 0.25) is 0 Å². The van der Waals surface area contributed by atoms with Crippen molar-refractivity contribution in [1.29, 1.82) is 0 Å². The summed E-state index contributed by atoms with van der Waals surface area (Å²) in [6.07, 6.45) is 3.75. The van der Waals surface area contributed by atoms with Gasteiger partial charge in [-0.15, -0.1) is 0 Å². The van der Waals surface area contributed by atoms with E-state index in [0.717, 1.165) is 12.8 Å². The molecule has 0 aromatic rings. The van der Waals surface area contributed by atoms with E-state index in [1.165, 1.54) is 7.11 Å². The Bertz CT molecular complexity index is 647. The molecule has 6 nitrogen and oxygen atoms in total. The maximum Gasteiger partial charge on any atom is 0.336 e. The van der Waals surface area contributed by atoms with Gasteiger partial charge in [0.05, 0.1) is 43.7 Å². The van der Waals surface area contributed by atoms with Crippen LogP contribution < -0.4 is 0 Å². The van der Waals surface area contributed by atoms with E-state index in [1.807, 2.05) is 6.08 Å². The predicted molar refractivity (Wildman–Crippen MR) is 97.9 cm³/mol. The summed E-state index contributed by atoms with van der Waals surface area (Å²) in [6, 6.07) is 0. The third kappa shape index (κ3) is 2.96. The number of methoxy groups -OCH3 is 1. The zero-order valence-corrected chi connectivity index (χ0v) is 16.7. The molecule has 2 saturated heterocycles. The molecule has 0 aromatic carbocycles. The van der Waals surface area contributed by atoms with Crippen LogP contribution in [0.1, 0.15) is 46.5 Å². The normalized spacial score (nSPS) is 48.1. The number of ether oxygens (including phenoxy) is 3. The van der Waals surface area contributed by atoms with Gasteiger partial charge in [0.25, 0.3) is 0 Å². The average Bonchev–Trinajstić information content (AvgIpc) is 3.50. The van der Waals surface area contributed by atoms with Crippen molar-refractivity contribution in [2.75, 3.05) is 20.3 Å². The number of esters is 1. The first-order valence-electron chi connectivity index (χ1n) is 10.1. The van der Waals surface area contributed by atoms with Crippen LogP contribution >= 0.6 is 0 Å². The van der Waals surface area contributed by atoms with Gasteiger partial charge in [-0.1, -0.05) is 26.8 Å². The number of hydrogen-bond donors (Lipinski definition) is 2. The monoisotopic (exact) mass is 380 g/mol. The fourth-order valence-electron chi connectivity index (χ4n) is 6.41. The molecule has 2 N–H and O–H groups in total. The van der Waals surface area contributed by atoms with Crippen LogP contribution in [0.4, 0.5) is 0 Å². The fourth-order valence-corrected chi connectivity index (χ4v) is 6.41. The van der Waals surface area contributed by atoms with Crippen LogP contribution in [0, 0.1) is 22.7 Å². The van der Waals surface area contributed by atoms with E-state index < -0.39 is 12.2 Å². The zero-order chi connectivity index (χ0) is 19.6. The summed E-state index contributed by atoms with van der Waals surface area (Å²) in [5.41, 5.74) is -0.255. The Morgan fingerprint density at radius 3 is 2.52 bits per heavy atom. The minimum Gasteiger partial charge on any atom is -0.466 e. The van der Waals surface area contributed by atoms with Crippen LogP contribution in [0.25, 0.3) is 0 Å². The second kappa shape index (κ2) is 6.28. The lowest BCUT2D eigenvalue weighted by Gasteiger charge is -2.61. The highest BCUT2D eigenvalue weighted by Gasteiger charge is 2.68. The Balaban J connectivity index is 1.67. The number of rotatable bonds is 4. The molecular weight excluding hydrogens is 348 g/mol. The van der Waals surface area contributed by atoms with Crippen molar-refractivity contribution in [3.05, 3.63) is 11.6 Å². The average molecular weight is 380 g/mol. The fraction of sp³-hybridized carbons (Fsp3) is 0.857. The standard InChI is InChI=1S/C21H32O6/c1-19(2)16(23)7-8-20(3)15(21(11-27-21)9-13(22)17(19)20)6-5-12(14-10-26-14)18(24)25-4/h5,13-17,22-23H,6-11H2,1-4H3/t13-,14+,15+,16+,17+,20+,21-/m1/s1. The summed E-state index contributed by atoms with van der Waals surface area (Å²) in [5, 5.41) is 21.6. The Kier molecular flexibility index (Phi) is 4.50. The maximum absolute atomic E-state index is 12.1. The first-order chi connectivity index (χ1) is 12.7. The molecule has 7 atom stereocenters. The van der Waals surface area contributed by atoms with Crippen molar-refractivity contribution in [2.45, 2.75) is 70.4 Å². The van der Waals surface area contributed by atoms with Gasteiger partial charge in [-0.3, -0.25) is 0 Å². The number of carbonyl (C=O) groups excluding carboxylic acids is 1. The van der Waals surface area contributed by atoms with Crippen molar-refractivity contribution in [3.63, 3.8) is 0 Å². The van der Waals surface area contributed by atoms with Gasteiger partial charge in [0.1, 0.15) is 6.10 Å². The van der Waals surface area contributed by atoms with E-state index >= 15 is 0 Å². The van der Waals surface area contributed by atoms with Gasteiger partial charge < -0.3 is 24.4 Å². The van der Waals surface area contributed by atoms with Crippen LogP contribution in [0.15, 0.2) is 11.6 Å². The Morgan fingerprint density at radius 1 is 1.30 bits per heavy atom. The largest absolute Gasteiger partial charge is 0.466 e. The molecule has 4 fully saturated rings. The molecule has 0 radical (unpaired) electrons. The summed E-state index contributed by atoms with van der Waals surface area (Å²) >= 11 is 0. The number of epoxide rings is 2. The van der Waals surface area contributed by atoms with Crippen LogP contribution in [0.3, 0.4) is 0 Å². The second-order valence-corrected chi connectivity index (χ2v) is 9.75. The molecule has 2 aliphatic heterocycles. The van der Waals surface area contributed by atoms with Crippen molar-refractivity contribution >= 4 is 5.97 Å². The quantitative estimate of drug-likeness (QED) is 0.439. The second-order valence-electron chi connectivity index (χ2n) is 9.75. The van der Waals surface area contributed by atoms with E-state index in [1.54, 1.807) is 0 Å². The third-order valence-electron chi connectivity index (χ3n) is 7.89. The minimum atomic E-state index is -0.491. The number of carbonyl (C=O) groups is 1. The highest BCUT2D eigenvalue weighted by Crippen LogP contribution is 2.66. The number of fused-ring (bicyclic) bond motifs is 1. The van der Waals surface area contributed by atoms with Crippen molar-refractivity contribution in [2.24, 2.45) is 22.7 Å². The molecule has 152 valence electrons. The van der Waals surface area contributed by atoms with Gasteiger partial charge in [0.2, 0.25) is 0 Å². The van der Waals surface area contributed by atoms with E-state index in [9.17, 15) is 15.0 Å². The highest BCUT2D eigenvalue weighted by molar-refractivity contribution is 5.90. The Morgan fingerprint density at radius 2 is 1.96 bits per heavy atom. The smallest absolute Gasteiger partial charge is 0.336 e. The molecule has 27 heavy (non-hydrogen) atoms. The zero-order valence-electron chi connectivity index (χ0n) is 16.7. The Labute approximate surface area is 160 Å². The summed E-state index contributed by atoms with van der Waals surface area (Å²) < 4.78 is 16.2. The minimum absolute atomic E-state index is 0.0132. The van der Waals surface area contributed by atoms with Crippen molar-refractivity contribution in [1.82, 2.24) is 0 Å². The summed E-state index contributed by atoms with van der Waals surface area (Å²) in [5.74, 6) is -0.162. The summed E-state index contributed by atoms with van der Waals surface area (Å²) in [6.45, 7) is 7.59. The molecule has 0 bridgehead atoms. The van der Waals surface area contributed by atoms with Gasteiger partial charge in [0, 0.05) is 6.42 Å². The SMILES string of the molecule is COC(=O)C(=CC[C@@H]1[C@]2(CO2)C[C@@H](O)[C@H]2C(C)(C)[C@@H](O)CC[C@@]12C)[C@@H]1CO1. The van der Waals surface area contributed by atoms with E-state index in [0.29, 0.717) is 31.6 Å². The molecule has 6 heteroatoms. The first-order valence-corrected chi connectivity index (χ1v) is 10.1. The molecule has 4 aliphatic rings. The molecule has 1 spiro atoms. The molecule has 4 rings (SSSR count). The van der Waals surface area contributed by atoms with Crippen LogP contribution in [-0.2, 0) is 19.0 Å². The van der Waals surface area contributed by atoms with E-state index in [2.05, 4.69) is 20.8 Å². The maximum atomic E-state index is 12.1. The van der Waals surface area contributed by atoms with Gasteiger partial charge in [-0.2, -0.15) is 0 Å².